The smallest absolute Gasteiger partial charge is 0.148 e. The predicted octanol–water partition coefficient (Wildman–Crippen LogP) is 3.55. The summed E-state index contributed by atoms with van der Waals surface area (Å²) in [7, 11) is -1.35. The molecule has 2 rings (SSSR count). The number of benzene rings is 1. The summed E-state index contributed by atoms with van der Waals surface area (Å²) < 4.78 is 30.7. The van der Waals surface area contributed by atoms with Gasteiger partial charge in [-0.3, -0.25) is 0 Å². The van der Waals surface area contributed by atoms with Gasteiger partial charge in [-0.2, -0.15) is 4.40 Å². The SMILES string of the molecule is CC(C)(C)[S@](=O)N=Cc1cn(-c2ccc(Cl)cc2F)cn1. The Bertz CT molecular complexity index is 706. The molecule has 21 heavy (non-hydrogen) atoms. The molecule has 0 aliphatic rings. The third-order valence-electron chi connectivity index (χ3n) is 2.60. The zero-order valence-electron chi connectivity index (χ0n) is 11.9. The molecule has 4 nitrogen and oxygen atoms in total. The van der Waals surface area contributed by atoms with Gasteiger partial charge in [0.2, 0.25) is 0 Å². The Morgan fingerprint density at radius 3 is 2.76 bits per heavy atom. The van der Waals surface area contributed by atoms with Crippen molar-refractivity contribution >= 4 is 28.8 Å². The van der Waals surface area contributed by atoms with Crippen molar-refractivity contribution in [3.63, 3.8) is 0 Å². The summed E-state index contributed by atoms with van der Waals surface area (Å²) in [5, 5.41) is 0.332. The molecule has 0 aliphatic heterocycles. The summed E-state index contributed by atoms with van der Waals surface area (Å²) in [6, 6.07) is 4.40. The lowest BCUT2D eigenvalue weighted by Crippen LogP contribution is -2.19. The molecule has 0 radical (unpaired) electrons. The van der Waals surface area contributed by atoms with E-state index in [4.69, 9.17) is 11.6 Å². The van der Waals surface area contributed by atoms with Crippen LogP contribution >= 0.6 is 11.6 Å². The van der Waals surface area contributed by atoms with E-state index in [-0.39, 0.29) is 0 Å². The number of aromatic nitrogens is 2. The first-order chi connectivity index (χ1) is 9.77. The Morgan fingerprint density at radius 2 is 2.14 bits per heavy atom. The molecule has 0 saturated carbocycles. The zero-order valence-corrected chi connectivity index (χ0v) is 13.5. The van der Waals surface area contributed by atoms with E-state index in [0.29, 0.717) is 16.4 Å². The van der Waals surface area contributed by atoms with Crippen LogP contribution in [0.1, 0.15) is 26.5 Å². The molecule has 0 amide bonds. The van der Waals surface area contributed by atoms with E-state index >= 15 is 0 Å². The lowest BCUT2D eigenvalue weighted by molar-refractivity contribution is 0.618. The number of imidazole rings is 1. The third kappa shape index (κ3) is 3.98. The van der Waals surface area contributed by atoms with Crippen molar-refractivity contribution in [2.75, 3.05) is 0 Å². The van der Waals surface area contributed by atoms with Crippen LogP contribution in [-0.2, 0) is 11.0 Å². The first-order valence-corrected chi connectivity index (χ1v) is 7.71. The third-order valence-corrected chi connectivity index (χ3v) is 4.17. The minimum Gasteiger partial charge on any atom is -0.303 e. The van der Waals surface area contributed by atoms with Gasteiger partial charge < -0.3 is 4.57 Å². The molecule has 1 heterocycles. The van der Waals surface area contributed by atoms with Crippen LogP contribution in [0.4, 0.5) is 4.39 Å². The molecule has 1 aromatic carbocycles. The fourth-order valence-corrected chi connectivity index (χ4v) is 2.17. The minimum absolute atomic E-state index is 0.332. The minimum atomic E-state index is -1.35. The second-order valence-corrected chi connectivity index (χ2v) is 7.77. The first kappa shape index (κ1) is 15.9. The highest BCUT2D eigenvalue weighted by molar-refractivity contribution is 7.85. The summed E-state index contributed by atoms with van der Waals surface area (Å²) in [4.78, 5) is 4.09. The average Bonchev–Trinajstić information content (AvgIpc) is 2.83. The predicted molar refractivity (Wildman–Crippen MR) is 84.0 cm³/mol. The lowest BCUT2D eigenvalue weighted by Gasteiger charge is -2.12. The molecule has 0 saturated heterocycles. The van der Waals surface area contributed by atoms with Crippen LogP contribution in [0.5, 0.6) is 0 Å². The van der Waals surface area contributed by atoms with Gasteiger partial charge in [0.25, 0.3) is 0 Å². The van der Waals surface area contributed by atoms with E-state index in [1.165, 1.54) is 23.2 Å². The van der Waals surface area contributed by atoms with Gasteiger partial charge in [-0.1, -0.05) is 11.6 Å². The van der Waals surface area contributed by atoms with Crippen LogP contribution in [0.3, 0.4) is 0 Å². The summed E-state index contributed by atoms with van der Waals surface area (Å²) in [5.41, 5.74) is 0.838. The maximum absolute atomic E-state index is 13.8. The Morgan fingerprint density at radius 1 is 1.43 bits per heavy atom. The van der Waals surface area contributed by atoms with Gasteiger partial charge >= 0.3 is 0 Å². The van der Waals surface area contributed by atoms with Crippen molar-refractivity contribution in [1.82, 2.24) is 9.55 Å². The molecule has 0 spiro atoms. The van der Waals surface area contributed by atoms with Crippen molar-refractivity contribution in [1.29, 1.82) is 0 Å². The maximum Gasteiger partial charge on any atom is 0.148 e. The van der Waals surface area contributed by atoms with E-state index in [1.54, 1.807) is 18.3 Å². The number of halogens is 2. The second kappa shape index (κ2) is 6.07. The fourth-order valence-electron chi connectivity index (χ4n) is 1.49. The Balaban J connectivity index is 2.22. The zero-order chi connectivity index (χ0) is 15.6. The number of hydrogen-bond acceptors (Lipinski definition) is 2. The highest BCUT2D eigenvalue weighted by Gasteiger charge is 2.18. The summed E-state index contributed by atoms with van der Waals surface area (Å²) in [6.45, 7) is 5.51. The number of hydrogen-bond donors (Lipinski definition) is 0. The standard InChI is InChI=1S/C14H15ClFN3OS/c1-14(2,3)21(20)18-7-11-8-19(9-17-11)13-5-4-10(15)6-12(13)16/h4-9H,1-3H3/t21-/m0/s1. The number of nitrogens with zero attached hydrogens (tertiary/aromatic N) is 3. The van der Waals surface area contributed by atoms with Gasteiger partial charge in [0.05, 0.1) is 16.6 Å². The van der Waals surface area contributed by atoms with Crippen LogP contribution in [0, 0.1) is 5.82 Å². The molecule has 7 heteroatoms. The molecule has 1 aromatic heterocycles. The molecule has 0 aliphatic carbocycles. The van der Waals surface area contributed by atoms with Crippen LogP contribution in [0.2, 0.25) is 5.02 Å². The molecular weight excluding hydrogens is 313 g/mol. The van der Waals surface area contributed by atoms with Crippen LogP contribution in [0.25, 0.3) is 5.69 Å². The summed E-state index contributed by atoms with van der Waals surface area (Å²) >= 11 is 5.72. The first-order valence-electron chi connectivity index (χ1n) is 6.23. The van der Waals surface area contributed by atoms with E-state index < -0.39 is 21.5 Å². The highest BCUT2D eigenvalue weighted by Crippen LogP contribution is 2.18. The molecular formula is C14H15ClFN3OS. The van der Waals surface area contributed by atoms with Crippen LogP contribution in [0.15, 0.2) is 35.1 Å². The maximum atomic E-state index is 13.8. The Kier molecular flexibility index (Phi) is 4.58. The normalized spacial score (nSPS) is 13.8. The van der Waals surface area contributed by atoms with Gasteiger partial charge in [-0.15, -0.1) is 0 Å². The summed E-state index contributed by atoms with van der Waals surface area (Å²) in [6.07, 6.45) is 4.50. The largest absolute Gasteiger partial charge is 0.303 e. The van der Waals surface area contributed by atoms with Crippen molar-refractivity contribution in [2.45, 2.75) is 25.5 Å². The Labute approximate surface area is 130 Å². The van der Waals surface area contributed by atoms with Crippen molar-refractivity contribution < 1.29 is 8.60 Å². The molecule has 0 fully saturated rings. The molecule has 0 unspecified atom stereocenters. The van der Waals surface area contributed by atoms with Crippen molar-refractivity contribution in [3.05, 3.63) is 47.3 Å². The molecule has 1 atom stereocenters. The van der Waals surface area contributed by atoms with Crippen LogP contribution < -0.4 is 0 Å². The van der Waals surface area contributed by atoms with Gasteiger partial charge in [-0.25, -0.2) is 13.6 Å². The molecule has 112 valence electrons. The van der Waals surface area contributed by atoms with Gasteiger partial charge in [-0.05, 0) is 39.0 Å². The fraction of sp³-hybridized carbons (Fsp3) is 0.286. The van der Waals surface area contributed by atoms with Gasteiger partial charge in [0.15, 0.2) is 0 Å². The average molecular weight is 328 g/mol. The monoisotopic (exact) mass is 327 g/mol. The molecule has 0 N–H and O–H groups in total. The topological polar surface area (TPSA) is 47.2 Å². The second-order valence-electron chi connectivity index (χ2n) is 5.40. The van der Waals surface area contributed by atoms with Crippen molar-refractivity contribution in [3.8, 4) is 5.69 Å². The molecule has 2 aromatic rings. The number of rotatable bonds is 3. The van der Waals surface area contributed by atoms with E-state index in [9.17, 15) is 8.60 Å². The van der Waals surface area contributed by atoms with Crippen LogP contribution in [-0.4, -0.2) is 24.7 Å². The van der Waals surface area contributed by atoms with Gasteiger partial charge in [0.1, 0.15) is 28.8 Å². The lowest BCUT2D eigenvalue weighted by atomic mass is 10.3. The highest BCUT2D eigenvalue weighted by atomic mass is 35.5. The quantitative estimate of drug-likeness (QED) is 0.809. The van der Waals surface area contributed by atoms with E-state index in [0.717, 1.165) is 0 Å². The summed E-state index contributed by atoms with van der Waals surface area (Å²) in [5.74, 6) is -0.443. The van der Waals surface area contributed by atoms with Crippen molar-refractivity contribution in [2.24, 2.45) is 4.40 Å². The molecule has 0 bridgehead atoms. The van der Waals surface area contributed by atoms with E-state index in [2.05, 4.69) is 9.38 Å². The van der Waals surface area contributed by atoms with E-state index in [1.807, 2.05) is 20.8 Å². The van der Waals surface area contributed by atoms with Gasteiger partial charge in [0, 0.05) is 11.2 Å². The Hall–Kier alpha value is -1.53.